The van der Waals surface area contributed by atoms with Gasteiger partial charge in [-0.1, -0.05) is 144 Å². The van der Waals surface area contributed by atoms with E-state index < -0.39 is 0 Å². The first-order valence-electron chi connectivity index (χ1n) is 20.3. The molecule has 2 aliphatic heterocycles. The summed E-state index contributed by atoms with van der Waals surface area (Å²) in [6.07, 6.45) is 0. The number of aryl methyl sites for hydroxylation is 1. The zero-order valence-corrected chi connectivity index (χ0v) is 37.2. The van der Waals surface area contributed by atoms with Crippen LogP contribution in [-0.4, -0.2) is 6.71 Å². The molecule has 0 atom stereocenters. The Hall–Kier alpha value is -4.32. The van der Waals surface area contributed by atoms with Crippen LogP contribution in [0.5, 0.6) is 0 Å². The highest BCUT2D eigenvalue weighted by molar-refractivity contribution is 7.41. The molecule has 4 heterocycles. The van der Waals surface area contributed by atoms with Gasteiger partial charge in [0.25, 0.3) is 6.71 Å². The van der Waals surface area contributed by atoms with Gasteiger partial charge in [0, 0.05) is 52.5 Å². The summed E-state index contributed by atoms with van der Waals surface area (Å²) in [5, 5.41) is 2.70. The van der Waals surface area contributed by atoms with Crippen molar-refractivity contribution in [2.75, 3.05) is 9.80 Å². The molecular formula is C51H55BN2S2. The highest BCUT2D eigenvalue weighted by Gasteiger charge is 2.47. The predicted octanol–water partition coefficient (Wildman–Crippen LogP) is 13.7. The molecular weight excluding hydrogens is 716 g/mol. The van der Waals surface area contributed by atoms with E-state index in [-0.39, 0.29) is 28.4 Å². The maximum atomic E-state index is 2.62. The lowest BCUT2D eigenvalue weighted by atomic mass is 9.39. The smallest absolute Gasteiger partial charge is 0.277 e. The van der Waals surface area contributed by atoms with Crippen molar-refractivity contribution in [1.82, 2.24) is 0 Å². The predicted molar refractivity (Wildman–Crippen MR) is 251 cm³/mol. The average Bonchev–Trinajstić information content (AvgIpc) is 3.69. The normalized spacial score (nSPS) is 14.4. The minimum atomic E-state index is 0.00765. The van der Waals surface area contributed by atoms with Crippen molar-refractivity contribution in [3.05, 3.63) is 125 Å². The molecule has 0 saturated carbocycles. The van der Waals surface area contributed by atoms with Crippen molar-refractivity contribution in [2.45, 2.75) is 112 Å². The molecule has 2 aliphatic rings. The Labute approximate surface area is 343 Å². The highest BCUT2D eigenvalue weighted by Crippen LogP contribution is 2.52. The Morgan fingerprint density at radius 2 is 0.839 bits per heavy atom. The van der Waals surface area contributed by atoms with Crippen molar-refractivity contribution < 1.29 is 0 Å². The summed E-state index contributed by atoms with van der Waals surface area (Å²) >= 11 is 4.07. The number of hydrogen-bond donors (Lipinski definition) is 0. The fourth-order valence-corrected chi connectivity index (χ4v) is 12.4. The first-order valence-corrected chi connectivity index (χ1v) is 21.9. The zero-order chi connectivity index (χ0) is 39.9. The van der Waals surface area contributed by atoms with Crippen LogP contribution in [0, 0.1) is 6.92 Å². The minimum Gasteiger partial charge on any atom is -0.310 e. The van der Waals surface area contributed by atoms with Crippen molar-refractivity contribution in [2.24, 2.45) is 0 Å². The molecule has 2 nitrogen and oxygen atoms in total. The van der Waals surface area contributed by atoms with Crippen molar-refractivity contribution in [3.8, 4) is 0 Å². The standard InChI is InChI=1S/C51H55BN2S2/c1-30-28-39-41-40(29-30)54(34-26-22-32(23-27-34)49(5,6)7)43-36-17-15-19-38(51(11,12)13)45(36)56-47(43)52(41)46-42(35-16-14-18-37(44(35)55-46)50(8,9)10)53(39)33-24-20-31(21-25-33)48(2,3)4/h14-29H,1-13H3. The number of hydrogen-bond acceptors (Lipinski definition) is 4. The van der Waals surface area contributed by atoms with E-state index in [2.05, 4.69) is 197 Å². The van der Waals surface area contributed by atoms with Gasteiger partial charge < -0.3 is 9.80 Å². The lowest BCUT2D eigenvalue weighted by Gasteiger charge is -2.42. The van der Waals surface area contributed by atoms with Crippen molar-refractivity contribution in [3.63, 3.8) is 0 Å². The van der Waals surface area contributed by atoms with E-state index in [0.29, 0.717) is 0 Å². The molecule has 7 aromatic rings. The fourth-order valence-electron chi connectivity index (χ4n) is 9.09. The van der Waals surface area contributed by atoms with Gasteiger partial charge in [0.1, 0.15) is 0 Å². The molecule has 9 rings (SSSR count). The number of nitrogens with zero attached hydrogens (tertiary/aromatic N) is 2. The molecule has 0 fully saturated rings. The van der Waals surface area contributed by atoms with E-state index >= 15 is 0 Å². The molecule has 0 bridgehead atoms. The van der Waals surface area contributed by atoms with Crippen LogP contribution in [0.4, 0.5) is 34.1 Å². The minimum absolute atomic E-state index is 0.00765. The summed E-state index contributed by atoms with van der Waals surface area (Å²) in [6, 6.07) is 37.8. The van der Waals surface area contributed by atoms with E-state index in [4.69, 9.17) is 0 Å². The quantitative estimate of drug-likeness (QED) is 0.162. The van der Waals surface area contributed by atoms with Gasteiger partial charge in [0.05, 0.1) is 11.4 Å². The molecule has 0 saturated heterocycles. The Balaban J connectivity index is 1.42. The van der Waals surface area contributed by atoms with E-state index in [1.807, 2.05) is 22.7 Å². The Morgan fingerprint density at radius 3 is 1.18 bits per heavy atom. The second-order valence-electron chi connectivity index (χ2n) is 20.4. The summed E-state index contributed by atoms with van der Waals surface area (Å²) in [4.78, 5) is 5.24. The molecule has 0 radical (unpaired) electrons. The van der Waals surface area contributed by atoms with Crippen LogP contribution < -0.4 is 24.8 Å². The molecule has 5 aromatic carbocycles. The lowest BCUT2D eigenvalue weighted by molar-refractivity contribution is 0.590. The second kappa shape index (κ2) is 12.3. The van der Waals surface area contributed by atoms with E-state index in [9.17, 15) is 0 Å². The van der Waals surface area contributed by atoms with Crippen LogP contribution in [0.15, 0.2) is 97.1 Å². The van der Waals surface area contributed by atoms with Crippen LogP contribution in [-0.2, 0) is 21.7 Å². The van der Waals surface area contributed by atoms with Crippen LogP contribution in [0.25, 0.3) is 20.2 Å². The molecule has 2 aromatic heterocycles. The van der Waals surface area contributed by atoms with Gasteiger partial charge >= 0.3 is 0 Å². The Kier molecular flexibility index (Phi) is 8.21. The number of rotatable bonds is 2. The molecule has 56 heavy (non-hydrogen) atoms. The van der Waals surface area contributed by atoms with Gasteiger partial charge in [-0.15, -0.1) is 22.7 Å². The summed E-state index contributed by atoms with van der Waals surface area (Å²) in [5.74, 6) is 0. The third-order valence-electron chi connectivity index (χ3n) is 12.1. The summed E-state index contributed by atoms with van der Waals surface area (Å²) in [5.41, 5.74) is 16.1. The number of thiophene rings is 2. The fraction of sp³-hybridized carbons (Fsp3) is 0.333. The van der Waals surface area contributed by atoms with Gasteiger partial charge in [0.2, 0.25) is 0 Å². The SMILES string of the molecule is Cc1cc2c3c(c1)N(c1ccc(C(C)(C)C)cc1)c1c(sc4c(C(C)(C)C)cccc14)B3c1sc3c(C(C)(C)C)cccc3c1N2c1ccc(C(C)(C)C)cc1. The monoisotopic (exact) mass is 770 g/mol. The third kappa shape index (κ3) is 5.70. The van der Waals surface area contributed by atoms with Crippen LogP contribution in [0.3, 0.4) is 0 Å². The maximum Gasteiger partial charge on any atom is 0.277 e. The highest BCUT2D eigenvalue weighted by atomic mass is 32.1. The molecule has 0 amide bonds. The van der Waals surface area contributed by atoms with Crippen LogP contribution >= 0.6 is 22.7 Å². The van der Waals surface area contributed by atoms with Crippen molar-refractivity contribution >= 4 is 98.7 Å². The van der Waals surface area contributed by atoms with Gasteiger partial charge in [-0.05, 0) is 98.3 Å². The first-order chi connectivity index (χ1) is 26.2. The Morgan fingerprint density at radius 1 is 0.464 bits per heavy atom. The van der Waals surface area contributed by atoms with E-state index in [1.54, 1.807) is 0 Å². The first kappa shape index (κ1) is 37.3. The third-order valence-corrected chi connectivity index (χ3v) is 14.6. The number of anilines is 6. The summed E-state index contributed by atoms with van der Waals surface area (Å²) < 4.78 is 5.71. The molecule has 0 aliphatic carbocycles. The zero-order valence-electron chi connectivity index (χ0n) is 35.5. The second-order valence-corrected chi connectivity index (χ2v) is 22.5. The summed E-state index contributed by atoms with van der Waals surface area (Å²) in [6.45, 7) is 30.4. The summed E-state index contributed by atoms with van der Waals surface area (Å²) in [7, 11) is 0. The molecule has 0 unspecified atom stereocenters. The molecule has 5 heteroatoms. The molecule has 0 spiro atoms. The van der Waals surface area contributed by atoms with E-state index in [1.165, 1.54) is 97.1 Å². The van der Waals surface area contributed by atoms with Crippen LogP contribution in [0.1, 0.15) is 111 Å². The van der Waals surface area contributed by atoms with E-state index in [0.717, 1.165) is 0 Å². The Bertz CT molecular complexity index is 2500. The van der Waals surface area contributed by atoms with Gasteiger partial charge in [-0.25, -0.2) is 0 Å². The van der Waals surface area contributed by atoms with Crippen molar-refractivity contribution in [1.29, 1.82) is 0 Å². The topological polar surface area (TPSA) is 6.48 Å². The maximum absolute atomic E-state index is 2.62. The van der Waals surface area contributed by atoms with Gasteiger partial charge in [-0.2, -0.15) is 0 Å². The van der Waals surface area contributed by atoms with Gasteiger partial charge in [-0.3, -0.25) is 0 Å². The average molecular weight is 771 g/mol. The lowest BCUT2D eigenvalue weighted by Crippen LogP contribution is -2.59. The number of benzene rings is 5. The number of fused-ring (bicyclic) bond motifs is 8. The van der Waals surface area contributed by atoms with Crippen LogP contribution in [0.2, 0.25) is 0 Å². The molecule has 0 N–H and O–H groups in total. The van der Waals surface area contributed by atoms with Gasteiger partial charge in [0.15, 0.2) is 0 Å². The largest absolute Gasteiger partial charge is 0.310 e. The molecule has 284 valence electrons.